The molecule has 2 N–H and O–H groups in total. The molecule has 0 bridgehead atoms. The summed E-state index contributed by atoms with van der Waals surface area (Å²) in [5.74, 6) is 0.422. The number of pyridine rings is 1. The van der Waals surface area contributed by atoms with Crippen LogP contribution >= 0.6 is 12.6 Å². The van der Waals surface area contributed by atoms with E-state index in [1.54, 1.807) is 12.1 Å². The van der Waals surface area contributed by atoms with Crippen LogP contribution in [0.4, 0.5) is 5.82 Å². The first-order chi connectivity index (χ1) is 8.19. The van der Waals surface area contributed by atoms with Gasteiger partial charge < -0.3 is 10.2 Å². The Labute approximate surface area is 103 Å². The summed E-state index contributed by atoms with van der Waals surface area (Å²) in [5.41, 5.74) is 6.25. The van der Waals surface area contributed by atoms with Crippen molar-refractivity contribution in [3.8, 4) is 23.5 Å². The Bertz CT molecular complexity index is 611. The number of furan rings is 1. The van der Waals surface area contributed by atoms with E-state index in [1.165, 1.54) is 6.26 Å². The van der Waals surface area contributed by atoms with Crippen molar-refractivity contribution in [3.63, 3.8) is 0 Å². The van der Waals surface area contributed by atoms with Crippen LogP contribution in [0, 0.1) is 22.7 Å². The van der Waals surface area contributed by atoms with Gasteiger partial charge in [0.15, 0.2) is 0 Å². The van der Waals surface area contributed by atoms with Gasteiger partial charge in [0.25, 0.3) is 0 Å². The molecule has 0 aromatic carbocycles. The number of nitrogens with zero attached hydrogens (tertiary/aromatic N) is 3. The van der Waals surface area contributed by atoms with E-state index in [1.807, 2.05) is 12.1 Å². The van der Waals surface area contributed by atoms with Crippen LogP contribution in [0.15, 0.2) is 27.8 Å². The fourth-order valence-corrected chi connectivity index (χ4v) is 1.75. The average molecular weight is 242 g/mol. The van der Waals surface area contributed by atoms with E-state index >= 15 is 0 Å². The molecule has 82 valence electrons. The summed E-state index contributed by atoms with van der Waals surface area (Å²) in [7, 11) is 0. The first-order valence-electron chi connectivity index (χ1n) is 4.55. The second kappa shape index (κ2) is 4.20. The van der Waals surface area contributed by atoms with Crippen LogP contribution in [-0.4, -0.2) is 4.98 Å². The largest absolute Gasteiger partial charge is 0.464 e. The third-order valence-electron chi connectivity index (χ3n) is 2.20. The van der Waals surface area contributed by atoms with E-state index in [0.717, 1.165) is 0 Å². The minimum Gasteiger partial charge on any atom is -0.464 e. The molecule has 0 unspecified atom stereocenters. The molecule has 2 rings (SSSR count). The highest BCUT2D eigenvalue weighted by molar-refractivity contribution is 7.80. The first-order valence-corrected chi connectivity index (χ1v) is 5.00. The van der Waals surface area contributed by atoms with Gasteiger partial charge in [-0.1, -0.05) is 0 Å². The maximum atomic E-state index is 9.08. The second-order valence-electron chi connectivity index (χ2n) is 3.15. The van der Waals surface area contributed by atoms with Crippen molar-refractivity contribution >= 4 is 18.4 Å². The van der Waals surface area contributed by atoms with Gasteiger partial charge in [0.1, 0.15) is 34.3 Å². The first kappa shape index (κ1) is 11.1. The van der Waals surface area contributed by atoms with Gasteiger partial charge in [0, 0.05) is 0 Å². The number of anilines is 1. The predicted octanol–water partition coefficient (Wildman–Crippen LogP) is 1.96. The van der Waals surface area contributed by atoms with Crippen LogP contribution in [0.2, 0.25) is 0 Å². The minimum absolute atomic E-state index is 0.0305. The van der Waals surface area contributed by atoms with Gasteiger partial charge in [-0.25, -0.2) is 4.98 Å². The molecule has 2 heterocycles. The quantitative estimate of drug-likeness (QED) is 0.744. The number of hydrogen-bond donors (Lipinski definition) is 2. The lowest BCUT2D eigenvalue weighted by atomic mass is 10.0. The van der Waals surface area contributed by atoms with E-state index in [2.05, 4.69) is 17.6 Å². The highest BCUT2D eigenvalue weighted by Crippen LogP contribution is 2.33. The molecule has 6 heteroatoms. The molecule has 17 heavy (non-hydrogen) atoms. The van der Waals surface area contributed by atoms with E-state index in [4.69, 9.17) is 20.7 Å². The number of nitriles is 2. The fraction of sp³-hybridized carbons (Fsp3) is 0. The summed E-state index contributed by atoms with van der Waals surface area (Å²) in [6, 6.07) is 7.17. The molecule has 2 aromatic rings. The van der Waals surface area contributed by atoms with Gasteiger partial charge >= 0.3 is 0 Å². The van der Waals surface area contributed by atoms with Crippen LogP contribution in [0.5, 0.6) is 0 Å². The summed E-state index contributed by atoms with van der Waals surface area (Å²) in [6.07, 6.45) is 1.45. The number of hydrogen-bond acceptors (Lipinski definition) is 6. The van der Waals surface area contributed by atoms with Crippen molar-refractivity contribution in [1.29, 1.82) is 10.5 Å². The molecule has 0 aliphatic carbocycles. The smallest absolute Gasteiger partial charge is 0.143 e. The van der Waals surface area contributed by atoms with Crippen LogP contribution in [-0.2, 0) is 0 Å². The third-order valence-corrected chi connectivity index (χ3v) is 2.52. The molecule has 0 fully saturated rings. The monoisotopic (exact) mass is 242 g/mol. The van der Waals surface area contributed by atoms with E-state index in [-0.39, 0.29) is 22.0 Å². The lowest BCUT2D eigenvalue weighted by molar-refractivity contribution is 0.581. The lowest BCUT2D eigenvalue weighted by Gasteiger charge is -2.07. The second-order valence-corrected chi connectivity index (χ2v) is 3.57. The highest BCUT2D eigenvalue weighted by Gasteiger charge is 2.20. The number of aromatic nitrogens is 1. The maximum absolute atomic E-state index is 9.08. The molecule has 2 aromatic heterocycles. The number of thiol groups is 1. The summed E-state index contributed by atoms with van der Waals surface area (Å²) < 4.78 is 5.20. The third kappa shape index (κ3) is 1.71. The van der Waals surface area contributed by atoms with Crippen molar-refractivity contribution in [3.05, 3.63) is 29.5 Å². The molecule has 0 amide bonds. The molecular weight excluding hydrogens is 236 g/mol. The van der Waals surface area contributed by atoms with Crippen LogP contribution in [0.3, 0.4) is 0 Å². The van der Waals surface area contributed by atoms with Gasteiger partial charge in [0.2, 0.25) is 0 Å². The number of nitrogen functional groups attached to an aromatic ring is 1. The number of nitrogens with two attached hydrogens (primary N) is 1. The zero-order chi connectivity index (χ0) is 12.4. The average Bonchev–Trinajstić information content (AvgIpc) is 2.81. The normalized spacial score (nSPS) is 9.59. The molecular formula is C11H6N4OS. The van der Waals surface area contributed by atoms with Gasteiger partial charge in [-0.3, -0.25) is 0 Å². The van der Waals surface area contributed by atoms with Crippen LogP contribution in [0.1, 0.15) is 11.1 Å². The lowest BCUT2D eigenvalue weighted by Crippen LogP contribution is -2.01. The summed E-state index contributed by atoms with van der Waals surface area (Å²) in [4.78, 5) is 3.84. The topological polar surface area (TPSA) is 99.6 Å². The Morgan fingerprint density at radius 3 is 2.53 bits per heavy atom. The summed E-state index contributed by atoms with van der Waals surface area (Å²) in [6.45, 7) is 0. The van der Waals surface area contributed by atoms with Crippen molar-refractivity contribution in [2.45, 2.75) is 5.03 Å². The molecule has 0 spiro atoms. The number of rotatable bonds is 1. The van der Waals surface area contributed by atoms with Crippen molar-refractivity contribution in [2.75, 3.05) is 5.73 Å². The van der Waals surface area contributed by atoms with Crippen LogP contribution in [0.25, 0.3) is 11.3 Å². The van der Waals surface area contributed by atoms with Crippen LogP contribution < -0.4 is 5.73 Å². The molecule has 0 atom stereocenters. The van der Waals surface area contributed by atoms with Gasteiger partial charge in [0.05, 0.1) is 17.4 Å². The van der Waals surface area contributed by atoms with E-state index in [9.17, 15) is 0 Å². The minimum atomic E-state index is 0.0305. The SMILES string of the molecule is N#Cc1c(N)nc(S)c(C#N)c1-c1ccco1. The molecule has 0 saturated heterocycles. The maximum Gasteiger partial charge on any atom is 0.143 e. The zero-order valence-corrected chi connectivity index (χ0v) is 9.40. The van der Waals surface area contributed by atoms with E-state index in [0.29, 0.717) is 11.3 Å². The van der Waals surface area contributed by atoms with Gasteiger partial charge in [-0.15, -0.1) is 12.6 Å². The van der Waals surface area contributed by atoms with Gasteiger partial charge in [-0.05, 0) is 12.1 Å². The Hall–Kier alpha value is -2.44. The summed E-state index contributed by atoms with van der Waals surface area (Å²) in [5, 5.41) is 18.3. The Balaban J connectivity index is 2.89. The van der Waals surface area contributed by atoms with E-state index < -0.39 is 0 Å². The Morgan fingerprint density at radius 2 is 2.00 bits per heavy atom. The Kier molecular flexibility index (Phi) is 2.73. The van der Waals surface area contributed by atoms with Gasteiger partial charge in [-0.2, -0.15) is 10.5 Å². The predicted molar refractivity (Wildman–Crippen MR) is 63.0 cm³/mol. The highest BCUT2D eigenvalue weighted by atomic mass is 32.1. The standard InChI is InChI=1S/C11H6N4OS/c12-4-6-9(8-2-1-3-16-8)7(5-13)11(17)15-10(6)14/h1-3H,(H3,14,15,17). The molecule has 5 nitrogen and oxygen atoms in total. The summed E-state index contributed by atoms with van der Waals surface area (Å²) >= 11 is 4.07. The Morgan fingerprint density at radius 1 is 1.29 bits per heavy atom. The molecule has 0 saturated carbocycles. The van der Waals surface area contributed by atoms with Crippen molar-refractivity contribution in [2.24, 2.45) is 0 Å². The van der Waals surface area contributed by atoms with Crippen molar-refractivity contribution in [1.82, 2.24) is 4.98 Å². The molecule has 0 radical (unpaired) electrons. The van der Waals surface area contributed by atoms with Crippen molar-refractivity contribution < 1.29 is 4.42 Å². The fourth-order valence-electron chi connectivity index (χ4n) is 1.48. The molecule has 0 aliphatic heterocycles. The zero-order valence-electron chi connectivity index (χ0n) is 8.51. The molecule has 0 aliphatic rings.